The highest BCUT2D eigenvalue weighted by Gasteiger charge is 2.45. The van der Waals surface area contributed by atoms with Crippen LogP contribution < -0.4 is 32.9 Å². The summed E-state index contributed by atoms with van der Waals surface area (Å²) in [6.07, 6.45) is 0.630. The lowest BCUT2D eigenvalue weighted by Gasteiger charge is -2.28. The average molecular weight is 465 g/mol. The molecule has 0 aliphatic rings. The second-order valence-corrected chi connectivity index (χ2v) is 10.3. The monoisotopic (exact) mass is 464 g/mol. The number of halogens is 1. The summed E-state index contributed by atoms with van der Waals surface area (Å²) in [4.78, 5) is 0. The molecule has 0 unspecified atom stereocenters. The van der Waals surface area contributed by atoms with Crippen LogP contribution in [-0.2, 0) is 6.16 Å². The first-order valence-electron chi connectivity index (χ1n) is 9.26. The van der Waals surface area contributed by atoms with Crippen LogP contribution in [0.15, 0.2) is 109 Å². The van der Waals surface area contributed by atoms with E-state index in [1.807, 2.05) is 18.2 Å². The predicted octanol–water partition coefficient (Wildman–Crippen LogP) is 1.60. The van der Waals surface area contributed by atoms with Crippen molar-refractivity contribution in [1.29, 1.82) is 0 Å². The third kappa shape index (κ3) is 4.22. The molecule has 146 valence electrons. The molecule has 0 heterocycles. The van der Waals surface area contributed by atoms with Gasteiger partial charge in [0, 0.05) is 5.56 Å². The van der Waals surface area contributed by atoms with Crippen molar-refractivity contribution in [1.82, 2.24) is 0 Å². The minimum atomic E-state index is -2.09. The molecule has 0 saturated carbocycles. The quantitative estimate of drug-likeness (QED) is 0.348. The van der Waals surface area contributed by atoms with Gasteiger partial charge in [-0.1, -0.05) is 54.6 Å². The lowest BCUT2D eigenvalue weighted by molar-refractivity contribution is -0.00000743. The molecule has 0 spiro atoms. The van der Waals surface area contributed by atoms with Gasteiger partial charge in [0.25, 0.3) is 0 Å². The summed E-state index contributed by atoms with van der Waals surface area (Å²) >= 11 is 0. The van der Waals surface area contributed by atoms with Crippen LogP contribution in [-0.4, -0.2) is 10.2 Å². The highest BCUT2D eigenvalue weighted by molar-refractivity contribution is 7.95. The van der Waals surface area contributed by atoms with E-state index < -0.39 is 7.26 Å². The van der Waals surface area contributed by atoms with Crippen LogP contribution in [0.2, 0.25) is 0 Å². The van der Waals surface area contributed by atoms with Gasteiger partial charge in [0.2, 0.25) is 0 Å². The summed E-state index contributed by atoms with van der Waals surface area (Å²) in [6, 6.07) is 36.3. The van der Waals surface area contributed by atoms with Gasteiger partial charge in [0.05, 0.1) is 0 Å². The second-order valence-electron chi connectivity index (χ2n) is 6.79. The lowest BCUT2D eigenvalue weighted by Crippen LogP contribution is -3.00. The fraction of sp³-hybridized carbons (Fsp3) is 0.0400. The van der Waals surface area contributed by atoms with Gasteiger partial charge in [0.1, 0.15) is 40.8 Å². The van der Waals surface area contributed by atoms with Gasteiger partial charge >= 0.3 is 0 Å². The number of hydrogen-bond donors (Lipinski definition) is 2. The van der Waals surface area contributed by atoms with Crippen molar-refractivity contribution < 1.29 is 27.2 Å². The van der Waals surface area contributed by atoms with Crippen molar-refractivity contribution in [2.75, 3.05) is 0 Å². The maximum absolute atomic E-state index is 10.5. The molecule has 0 atom stereocenters. The maximum Gasteiger partial charge on any atom is 0.122 e. The normalized spacial score (nSPS) is 10.9. The zero-order valence-electron chi connectivity index (χ0n) is 15.8. The average Bonchev–Trinajstić information content (AvgIpc) is 2.76. The first-order valence-corrected chi connectivity index (χ1v) is 11.2. The molecule has 0 radical (unpaired) electrons. The number of phenols is 2. The predicted molar refractivity (Wildman–Crippen MR) is 119 cm³/mol. The summed E-state index contributed by atoms with van der Waals surface area (Å²) in [5.41, 5.74) is 0.755. The van der Waals surface area contributed by atoms with Gasteiger partial charge in [-0.05, 0) is 54.6 Å². The number of aromatic hydroxyl groups is 2. The molecular weight excluding hydrogens is 443 g/mol. The Bertz CT molecular complexity index is 957. The Hall–Kier alpha value is -2.61. The van der Waals surface area contributed by atoms with Gasteiger partial charge in [-0.25, -0.2) is 0 Å². The molecule has 4 aromatic carbocycles. The Morgan fingerprint density at radius 3 is 1.38 bits per heavy atom. The van der Waals surface area contributed by atoms with Crippen molar-refractivity contribution in [3.05, 3.63) is 115 Å². The molecular formula is C25H22BrO2P. The molecule has 4 heteroatoms. The molecule has 2 N–H and O–H groups in total. The van der Waals surface area contributed by atoms with E-state index in [1.165, 1.54) is 22.0 Å². The first-order chi connectivity index (χ1) is 13.7. The number of hydrogen-bond acceptors (Lipinski definition) is 2. The maximum atomic E-state index is 10.5. The molecule has 0 aliphatic carbocycles. The van der Waals surface area contributed by atoms with E-state index in [0.717, 1.165) is 5.56 Å². The minimum Gasteiger partial charge on any atom is -1.00 e. The van der Waals surface area contributed by atoms with Gasteiger partial charge in [-0.3, -0.25) is 0 Å². The van der Waals surface area contributed by atoms with E-state index in [0.29, 0.717) is 6.16 Å². The van der Waals surface area contributed by atoms with Crippen molar-refractivity contribution in [2.24, 2.45) is 0 Å². The van der Waals surface area contributed by atoms with Crippen molar-refractivity contribution in [3.8, 4) is 11.5 Å². The van der Waals surface area contributed by atoms with Crippen LogP contribution in [0.3, 0.4) is 0 Å². The molecule has 0 amide bonds. The van der Waals surface area contributed by atoms with Crippen molar-refractivity contribution >= 4 is 23.2 Å². The van der Waals surface area contributed by atoms with Gasteiger partial charge < -0.3 is 27.2 Å². The molecule has 0 aromatic heterocycles. The molecule has 29 heavy (non-hydrogen) atoms. The molecule has 2 nitrogen and oxygen atoms in total. The molecule has 4 rings (SSSR count). The van der Waals surface area contributed by atoms with E-state index in [9.17, 15) is 10.2 Å². The zero-order chi connectivity index (χ0) is 19.4. The number of phenolic OH excluding ortho intramolecular Hbond substituents is 2. The number of benzene rings is 4. The summed E-state index contributed by atoms with van der Waals surface area (Å²) in [5.74, 6) is 0.380. The Balaban J connectivity index is 0.00000240. The Kier molecular flexibility index (Phi) is 6.74. The van der Waals surface area contributed by atoms with Gasteiger partial charge in [0.15, 0.2) is 0 Å². The largest absolute Gasteiger partial charge is 1.00 e. The van der Waals surface area contributed by atoms with Crippen LogP contribution in [0.1, 0.15) is 5.56 Å². The van der Waals surface area contributed by atoms with Crippen molar-refractivity contribution in [2.45, 2.75) is 6.16 Å². The van der Waals surface area contributed by atoms with E-state index in [-0.39, 0.29) is 28.5 Å². The van der Waals surface area contributed by atoms with Crippen LogP contribution in [0.4, 0.5) is 0 Å². The molecule has 0 saturated heterocycles. The lowest BCUT2D eigenvalue weighted by atomic mass is 10.2. The summed E-state index contributed by atoms with van der Waals surface area (Å²) < 4.78 is 0. The van der Waals surface area contributed by atoms with E-state index in [2.05, 4.69) is 72.8 Å². The number of rotatable bonds is 5. The fourth-order valence-electron chi connectivity index (χ4n) is 3.72. The zero-order valence-corrected chi connectivity index (χ0v) is 18.3. The standard InChI is InChI=1S/C25H21O2P.BrH/c26-21-16-17-25(27)20(18-21)19-28(22-10-4-1-5-11-22,23-12-6-2-7-13-23)24-14-8-3-9-15-24;/h1-18H,19H2,(H-,26,27);1H. The SMILES string of the molecule is Oc1ccc(O)c(C[P+](c2ccccc2)(c2ccccc2)c2ccccc2)c1.[Br-]. The molecule has 4 aromatic rings. The molecule has 0 bridgehead atoms. The van der Waals surface area contributed by atoms with E-state index >= 15 is 0 Å². The minimum absolute atomic E-state index is 0. The highest BCUT2D eigenvalue weighted by atomic mass is 79.9. The van der Waals surface area contributed by atoms with Crippen LogP contribution in [0.5, 0.6) is 11.5 Å². The topological polar surface area (TPSA) is 40.5 Å². The summed E-state index contributed by atoms with van der Waals surface area (Å²) in [7, 11) is -2.09. The van der Waals surface area contributed by atoms with Gasteiger partial charge in [-0.2, -0.15) is 0 Å². The Morgan fingerprint density at radius 2 is 0.966 bits per heavy atom. The summed E-state index contributed by atoms with van der Waals surface area (Å²) in [6.45, 7) is 0. The van der Waals surface area contributed by atoms with E-state index in [1.54, 1.807) is 12.1 Å². The third-order valence-electron chi connectivity index (χ3n) is 5.06. The third-order valence-corrected chi connectivity index (χ3v) is 9.42. The first kappa shape index (κ1) is 21.1. The molecule has 0 fully saturated rings. The smallest absolute Gasteiger partial charge is 0.122 e. The second kappa shape index (κ2) is 9.26. The van der Waals surface area contributed by atoms with Crippen LogP contribution >= 0.6 is 7.26 Å². The van der Waals surface area contributed by atoms with E-state index in [4.69, 9.17) is 0 Å². The van der Waals surface area contributed by atoms with Crippen molar-refractivity contribution in [3.63, 3.8) is 0 Å². The highest BCUT2D eigenvalue weighted by Crippen LogP contribution is 2.59. The fourth-order valence-corrected chi connectivity index (χ4v) is 7.97. The van der Waals surface area contributed by atoms with Crippen LogP contribution in [0, 0.1) is 0 Å². The van der Waals surface area contributed by atoms with Crippen LogP contribution in [0.25, 0.3) is 0 Å². The molecule has 0 aliphatic heterocycles. The summed E-state index contributed by atoms with van der Waals surface area (Å²) in [5, 5.41) is 24.3. The Labute approximate surface area is 182 Å². The Morgan fingerprint density at radius 1 is 0.552 bits per heavy atom. The van der Waals surface area contributed by atoms with Gasteiger partial charge in [-0.15, -0.1) is 0 Å².